The van der Waals surface area contributed by atoms with Crippen LogP contribution in [-0.2, 0) is 4.79 Å². The Bertz CT molecular complexity index is 983. The van der Waals surface area contributed by atoms with Crippen molar-refractivity contribution in [1.82, 2.24) is 9.36 Å². The van der Waals surface area contributed by atoms with Crippen molar-refractivity contribution in [3.63, 3.8) is 0 Å². The molecule has 0 aliphatic heterocycles. The predicted octanol–water partition coefficient (Wildman–Crippen LogP) is 3.73. The highest BCUT2D eigenvalue weighted by Crippen LogP contribution is 2.24. The number of ether oxygens (including phenoxy) is 1. The Hall–Kier alpha value is -3.26. The molecule has 0 aliphatic rings. The number of hydrogen-bond acceptors (Lipinski definition) is 6. The van der Waals surface area contributed by atoms with Crippen LogP contribution in [0.15, 0.2) is 42.5 Å². The van der Waals surface area contributed by atoms with Crippen molar-refractivity contribution in [3.8, 4) is 17.1 Å². The number of rotatable bonds is 5. The first-order valence-corrected chi connectivity index (χ1v) is 8.91. The summed E-state index contributed by atoms with van der Waals surface area (Å²) in [5.41, 5.74) is 2.65. The molecular formula is C19H18N4O3S. The van der Waals surface area contributed by atoms with E-state index in [0.717, 1.165) is 28.4 Å². The van der Waals surface area contributed by atoms with Gasteiger partial charge in [0, 0.05) is 35.3 Å². The van der Waals surface area contributed by atoms with Crippen molar-refractivity contribution >= 4 is 34.2 Å². The third kappa shape index (κ3) is 4.48. The van der Waals surface area contributed by atoms with E-state index in [1.807, 2.05) is 31.2 Å². The Kier molecular flexibility index (Phi) is 5.46. The summed E-state index contributed by atoms with van der Waals surface area (Å²) < 4.78 is 9.42. The summed E-state index contributed by atoms with van der Waals surface area (Å²) in [7, 11) is 1.60. The van der Waals surface area contributed by atoms with Gasteiger partial charge in [-0.25, -0.2) is 0 Å². The summed E-state index contributed by atoms with van der Waals surface area (Å²) in [5.74, 6) is 0.773. The fraction of sp³-hybridized carbons (Fsp3) is 0.158. The van der Waals surface area contributed by atoms with E-state index in [1.54, 1.807) is 25.3 Å². The molecule has 0 saturated carbocycles. The van der Waals surface area contributed by atoms with E-state index < -0.39 is 0 Å². The number of aromatic nitrogens is 2. The lowest BCUT2D eigenvalue weighted by Gasteiger charge is -2.08. The second kappa shape index (κ2) is 7.96. The Balaban J connectivity index is 1.76. The Morgan fingerprint density at radius 3 is 2.48 bits per heavy atom. The molecule has 0 fully saturated rings. The zero-order valence-electron chi connectivity index (χ0n) is 15.1. The average Bonchev–Trinajstić information content (AvgIpc) is 3.11. The molecule has 0 bridgehead atoms. The lowest BCUT2D eigenvalue weighted by atomic mass is 10.1. The molecule has 0 spiro atoms. The van der Waals surface area contributed by atoms with Crippen LogP contribution in [0.1, 0.15) is 22.8 Å². The number of methoxy groups -OCH3 is 1. The molecular weight excluding hydrogens is 364 g/mol. The van der Waals surface area contributed by atoms with E-state index in [4.69, 9.17) is 4.74 Å². The number of nitrogens with zero attached hydrogens (tertiary/aromatic N) is 2. The number of benzene rings is 2. The molecule has 27 heavy (non-hydrogen) atoms. The van der Waals surface area contributed by atoms with E-state index in [1.165, 1.54) is 6.92 Å². The fourth-order valence-corrected chi connectivity index (χ4v) is 3.03. The van der Waals surface area contributed by atoms with E-state index in [9.17, 15) is 9.59 Å². The van der Waals surface area contributed by atoms with Crippen molar-refractivity contribution in [2.24, 2.45) is 0 Å². The minimum absolute atomic E-state index is 0.196. The van der Waals surface area contributed by atoms with Crippen LogP contribution in [0.3, 0.4) is 0 Å². The minimum atomic E-state index is -0.308. The van der Waals surface area contributed by atoms with Crippen molar-refractivity contribution in [3.05, 3.63) is 53.6 Å². The van der Waals surface area contributed by atoms with Crippen LogP contribution in [0, 0.1) is 6.92 Å². The number of hydrogen-bond donors (Lipinski definition) is 2. The third-order valence-corrected chi connectivity index (χ3v) is 4.43. The molecule has 8 heteroatoms. The normalized spacial score (nSPS) is 10.3. The lowest BCUT2D eigenvalue weighted by molar-refractivity contribution is -0.114. The van der Waals surface area contributed by atoms with Crippen LogP contribution >= 0.6 is 11.5 Å². The SMILES string of the molecule is COc1ccc(-c2nsc(NC(=O)c3cc(NC(C)=O)ccc3C)n2)cc1. The monoisotopic (exact) mass is 382 g/mol. The standard InChI is InChI=1S/C19H18N4O3S/c1-11-4-7-14(20-12(2)24)10-16(11)18(25)22-19-21-17(23-27-19)13-5-8-15(26-3)9-6-13/h4-10H,1-3H3,(H,20,24)(H,21,22,23,25). The predicted molar refractivity (Wildman–Crippen MR) is 105 cm³/mol. The first kappa shape index (κ1) is 18.5. The van der Waals surface area contributed by atoms with E-state index in [0.29, 0.717) is 22.2 Å². The zero-order chi connectivity index (χ0) is 19.4. The minimum Gasteiger partial charge on any atom is -0.497 e. The zero-order valence-corrected chi connectivity index (χ0v) is 15.9. The van der Waals surface area contributed by atoms with Gasteiger partial charge in [-0.15, -0.1) is 0 Å². The van der Waals surface area contributed by atoms with Crippen LogP contribution in [0.25, 0.3) is 11.4 Å². The van der Waals surface area contributed by atoms with Crippen LogP contribution in [0.4, 0.5) is 10.8 Å². The summed E-state index contributed by atoms with van der Waals surface area (Å²) in [6.45, 7) is 3.25. The largest absolute Gasteiger partial charge is 0.497 e. The van der Waals surface area contributed by atoms with Crippen LogP contribution in [0.5, 0.6) is 5.75 Å². The van der Waals surface area contributed by atoms with Crippen molar-refractivity contribution in [2.45, 2.75) is 13.8 Å². The molecule has 0 radical (unpaired) electrons. The second-order valence-electron chi connectivity index (χ2n) is 5.82. The number of carbonyl (C=O) groups excluding carboxylic acids is 2. The van der Waals surface area contributed by atoms with Gasteiger partial charge >= 0.3 is 0 Å². The molecule has 2 aromatic carbocycles. The molecule has 2 N–H and O–H groups in total. The quantitative estimate of drug-likeness (QED) is 0.701. The second-order valence-corrected chi connectivity index (χ2v) is 6.57. The van der Waals surface area contributed by atoms with Gasteiger partial charge in [0.1, 0.15) is 5.75 Å². The highest BCUT2D eigenvalue weighted by Gasteiger charge is 2.14. The van der Waals surface area contributed by atoms with Gasteiger partial charge in [0.25, 0.3) is 5.91 Å². The van der Waals surface area contributed by atoms with Gasteiger partial charge in [0.15, 0.2) is 5.82 Å². The molecule has 0 saturated heterocycles. The molecule has 1 heterocycles. The van der Waals surface area contributed by atoms with E-state index in [-0.39, 0.29) is 11.8 Å². The highest BCUT2D eigenvalue weighted by atomic mass is 32.1. The van der Waals surface area contributed by atoms with Crippen LogP contribution in [0.2, 0.25) is 0 Å². The molecule has 3 aromatic rings. The molecule has 0 unspecified atom stereocenters. The fourth-order valence-electron chi connectivity index (χ4n) is 2.44. The first-order chi connectivity index (χ1) is 13.0. The van der Waals surface area contributed by atoms with Gasteiger partial charge in [0.05, 0.1) is 7.11 Å². The van der Waals surface area contributed by atoms with Gasteiger partial charge in [-0.05, 0) is 48.9 Å². The highest BCUT2D eigenvalue weighted by molar-refractivity contribution is 7.10. The molecule has 7 nitrogen and oxygen atoms in total. The Morgan fingerprint density at radius 2 is 1.81 bits per heavy atom. The van der Waals surface area contributed by atoms with Crippen molar-refractivity contribution in [1.29, 1.82) is 0 Å². The Labute approximate surface area is 160 Å². The lowest BCUT2D eigenvalue weighted by Crippen LogP contribution is -2.14. The molecule has 0 atom stereocenters. The molecule has 138 valence electrons. The van der Waals surface area contributed by atoms with Gasteiger partial charge < -0.3 is 10.1 Å². The molecule has 0 aliphatic carbocycles. The topological polar surface area (TPSA) is 93.2 Å². The maximum Gasteiger partial charge on any atom is 0.257 e. The molecule has 2 amide bonds. The number of aryl methyl sites for hydroxylation is 1. The summed E-state index contributed by atoms with van der Waals surface area (Å²) in [4.78, 5) is 28.2. The maximum atomic E-state index is 12.6. The number of carbonyl (C=O) groups is 2. The van der Waals surface area contributed by atoms with Gasteiger partial charge in [-0.1, -0.05) is 6.07 Å². The third-order valence-electron chi connectivity index (χ3n) is 3.80. The summed E-state index contributed by atoms with van der Waals surface area (Å²) in [6, 6.07) is 12.5. The molecule has 1 aromatic heterocycles. The summed E-state index contributed by atoms with van der Waals surface area (Å²) >= 11 is 1.10. The first-order valence-electron chi connectivity index (χ1n) is 8.14. The summed E-state index contributed by atoms with van der Waals surface area (Å²) in [5, 5.41) is 5.83. The average molecular weight is 382 g/mol. The van der Waals surface area contributed by atoms with Crippen LogP contribution < -0.4 is 15.4 Å². The number of amides is 2. The van der Waals surface area contributed by atoms with Gasteiger partial charge in [0.2, 0.25) is 11.0 Å². The van der Waals surface area contributed by atoms with Crippen LogP contribution in [-0.4, -0.2) is 28.3 Å². The Morgan fingerprint density at radius 1 is 1.07 bits per heavy atom. The van der Waals surface area contributed by atoms with Crippen molar-refractivity contribution < 1.29 is 14.3 Å². The number of anilines is 2. The summed E-state index contributed by atoms with van der Waals surface area (Å²) in [6.07, 6.45) is 0. The van der Waals surface area contributed by atoms with Gasteiger partial charge in [-0.3, -0.25) is 14.9 Å². The smallest absolute Gasteiger partial charge is 0.257 e. The maximum absolute atomic E-state index is 12.6. The van der Waals surface area contributed by atoms with E-state index in [2.05, 4.69) is 20.0 Å². The van der Waals surface area contributed by atoms with Crippen molar-refractivity contribution in [2.75, 3.05) is 17.7 Å². The van der Waals surface area contributed by atoms with E-state index >= 15 is 0 Å². The number of nitrogens with one attached hydrogen (secondary N) is 2. The molecule has 3 rings (SSSR count). The van der Waals surface area contributed by atoms with Gasteiger partial charge in [-0.2, -0.15) is 9.36 Å².